The number of ether oxygens (including phenoxy) is 1. The van der Waals surface area contributed by atoms with Crippen LogP contribution in [0.1, 0.15) is 6.92 Å². The molecule has 1 heterocycles. The molecule has 1 amide bonds. The van der Waals surface area contributed by atoms with E-state index in [2.05, 4.69) is 10.3 Å². The summed E-state index contributed by atoms with van der Waals surface area (Å²) < 4.78 is 5.13. The topological polar surface area (TPSA) is 201 Å². The molecule has 1 aliphatic heterocycles. The van der Waals surface area contributed by atoms with Crippen LogP contribution in [0.4, 0.5) is 0 Å². The van der Waals surface area contributed by atoms with Crippen molar-refractivity contribution in [3.8, 4) is 0 Å². The Bertz CT molecular complexity index is 518. The normalized spacial score (nSPS) is 26.3. The zero-order chi connectivity index (χ0) is 17.7. The first-order valence-electron chi connectivity index (χ1n) is 6.62. The highest BCUT2D eigenvalue weighted by Crippen LogP contribution is 2.24. The van der Waals surface area contributed by atoms with E-state index in [4.69, 9.17) is 26.4 Å². The van der Waals surface area contributed by atoms with Crippen LogP contribution in [0.3, 0.4) is 0 Å². The van der Waals surface area contributed by atoms with Crippen molar-refractivity contribution in [2.24, 2.45) is 16.5 Å². The van der Waals surface area contributed by atoms with Crippen molar-refractivity contribution < 1.29 is 34.8 Å². The SMILES string of the molecule is CC(=O)N[C@H]1C([C@H](O)C(O)CO)OC(C(=O)O)=C[C@@H]1N=C(N)N. The highest BCUT2D eigenvalue weighted by atomic mass is 16.5. The van der Waals surface area contributed by atoms with Gasteiger partial charge in [-0.1, -0.05) is 0 Å². The lowest BCUT2D eigenvalue weighted by molar-refractivity contribution is -0.145. The van der Waals surface area contributed by atoms with Crippen LogP contribution in [0.15, 0.2) is 16.8 Å². The van der Waals surface area contributed by atoms with Crippen molar-refractivity contribution >= 4 is 17.8 Å². The molecule has 0 aliphatic carbocycles. The fourth-order valence-electron chi connectivity index (χ4n) is 2.14. The van der Waals surface area contributed by atoms with Crippen molar-refractivity contribution in [2.45, 2.75) is 37.3 Å². The number of hydrogen-bond acceptors (Lipinski definition) is 7. The van der Waals surface area contributed by atoms with Gasteiger partial charge in [-0.2, -0.15) is 0 Å². The number of carbonyl (C=O) groups is 2. The van der Waals surface area contributed by atoms with Crippen LogP contribution >= 0.6 is 0 Å². The van der Waals surface area contributed by atoms with Gasteiger partial charge in [-0.3, -0.25) is 4.79 Å². The minimum absolute atomic E-state index is 0.371. The molecule has 11 heteroatoms. The van der Waals surface area contributed by atoms with E-state index in [9.17, 15) is 19.8 Å². The number of guanidine groups is 1. The molecule has 0 aromatic heterocycles. The Labute approximate surface area is 131 Å². The number of carboxylic acid groups (broad SMARTS) is 1. The van der Waals surface area contributed by atoms with E-state index < -0.39 is 54.6 Å². The smallest absolute Gasteiger partial charge is 0.370 e. The Hall–Kier alpha value is -2.37. The Morgan fingerprint density at radius 1 is 1.43 bits per heavy atom. The molecular weight excluding hydrogens is 312 g/mol. The number of amides is 1. The lowest BCUT2D eigenvalue weighted by Gasteiger charge is -2.38. The zero-order valence-electron chi connectivity index (χ0n) is 12.3. The van der Waals surface area contributed by atoms with Gasteiger partial charge in [0.2, 0.25) is 11.7 Å². The highest BCUT2D eigenvalue weighted by Gasteiger charge is 2.43. The molecule has 0 spiro atoms. The average Bonchev–Trinajstić information content (AvgIpc) is 2.45. The number of aliphatic carboxylic acids is 1. The molecule has 0 saturated carbocycles. The minimum atomic E-state index is -1.70. The van der Waals surface area contributed by atoms with E-state index >= 15 is 0 Å². The summed E-state index contributed by atoms with van der Waals surface area (Å²) in [4.78, 5) is 26.3. The number of hydrogen-bond donors (Lipinski definition) is 7. The third kappa shape index (κ3) is 4.81. The molecule has 0 bridgehead atoms. The van der Waals surface area contributed by atoms with Crippen LogP contribution in [-0.4, -0.2) is 75.3 Å². The number of nitrogens with one attached hydrogen (secondary N) is 1. The van der Waals surface area contributed by atoms with E-state index in [1.54, 1.807) is 0 Å². The summed E-state index contributed by atoms with van der Waals surface area (Å²) in [7, 11) is 0. The molecule has 9 N–H and O–H groups in total. The molecule has 0 fully saturated rings. The van der Waals surface area contributed by atoms with Crippen molar-refractivity contribution in [3.63, 3.8) is 0 Å². The molecule has 0 radical (unpaired) electrons. The molecule has 1 rings (SSSR count). The molecule has 130 valence electrons. The standard InChI is InChI=1S/C12H20N4O7/c1-4(18)15-8-5(16-12(13)14)2-7(11(21)22)23-10(8)9(20)6(19)3-17/h2,5-6,8-10,17,19-20H,3H2,1H3,(H,15,18)(H,21,22)(H4,13,14,16)/t5-,6?,8+,9+,10?/m0/s1. The molecule has 0 saturated heterocycles. The Morgan fingerprint density at radius 3 is 2.48 bits per heavy atom. The van der Waals surface area contributed by atoms with Gasteiger partial charge in [-0.15, -0.1) is 0 Å². The third-order valence-corrected chi connectivity index (χ3v) is 3.10. The number of carboxylic acids is 1. The Morgan fingerprint density at radius 2 is 2.04 bits per heavy atom. The third-order valence-electron chi connectivity index (χ3n) is 3.10. The lowest BCUT2D eigenvalue weighted by atomic mass is 9.92. The Kier molecular flexibility index (Phi) is 6.30. The van der Waals surface area contributed by atoms with Crippen LogP contribution in [0, 0.1) is 0 Å². The first kappa shape index (κ1) is 18.7. The molecular formula is C12H20N4O7. The number of rotatable bonds is 6. The summed E-state index contributed by atoms with van der Waals surface area (Å²) in [6, 6.07) is -2.11. The van der Waals surface area contributed by atoms with E-state index in [-0.39, 0.29) is 5.96 Å². The van der Waals surface area contributed by atoms with Gasteiger partial charge >= 0.3 is 5.97 Å². The second-order valence-corrected chi connectivity index (χ2v) is 4.93. The predicted octanol–water partition coefficient (Wildman–Crippen LogP) is -3.79. The maximum absolute atomic E-state index is 11.4. The number of aliphatic hydroxyl groups is 3. The summed E-state index contributed by atoms with van der Waals surface area (Å²) in [5.74, 6) is -2.89. The minimum Gasteiger partial charge on any atom is -0.478 e. The molecule has 1 aliphatic rings. The summed E-state index contributed by atoms with van der Waals surface area (Å²) in [6.45, 7) is 0.391. The van der Waals surface area contributed by atoms with Gasteiger partial charge in [0.25, 0.3) is 0 Å². The lowest BCUT2D eigenvalue weighted by Crippen LogP contribution is -2.59. The van der Waals surface area contributed by atoms with Crippen molar-refractivity contribution in [2.75, 3.05) is 6.61 Å². The van der Waals surface area contributed by atoms with E-state index in [1.807, 2.05) is 0 Å². The molecule has 11 nitrogen and oxygen atoms in total. The fourth-order valence-corrected chi connectivity index (χ4v) is 2.14. The van der Waals surface area contributed by atoms with Crippen LogP contribution in [-0.2, 0) is 14.3 Å². The summed E-state index contributed by atoms with van der Waals surface area (Å²) in [5, 5.41) is 40.1. The molecule has 2 unspecified atom stereocenters. The van der Waals surface area contributed by atoms with Gasteiger partial charge in [0.15, 0.2) is 5.96 Å². The highest BCUT2D eigenvalue weighted by molar-refractivity contribution is 5.85. The number of aliphatic hydroxyl groups excluding tert-OH is 3. The molecule has 0 aromatic carbocycles. The van der Waals surface area contributed by atoms with Gasteiger partial charge in [-0.25, -0.2) is 9.79 Å². The first-order chi connectivity index (χ1) is 10.7. The largest absolute Gasteiger partial charge is 0.478 e. The fraction of sp³-hybridized carbons (Fsp3) is 0.583. The van der Waals surface area contributed by atoms with Gasteiger partial charge in [0.05, 0.1) is 18.7 Å². The van der Waals surface area contributed by atoms with Gasteiger partial charge in [0, 0.05) is 6.92 Å². The second-order valence-electron chi connectivity index (χ2n) is 4.93. The summed E-state index contributed by atoms with van der Waals surface area (Å²) in [6.07, 6.45) is -3.65. The number of aliphatic imine (C=N–C) groups is 1. The number of nitrogens with zero attached hydrogens (tertiary/aromatic N) is 1. The van der Waals surface area contributed by atoms with Crippen LogP contribution < -0.4 is 16.8 Å². The first-order valence-corrected chi connectivity index (χ1v) is 6.62. The predicted molar refractivity (Wildman–Crippen MR) is 76.9 cm³/mol. The van der Waals surface area contributed by atoms with E-state index in [0.717, 1.165) is 6.08 Å². The van der Waals surface area contributed by atoms with Crippen LogP contribution in [0.25, 0.3) is 0 Å². The van der Waals surface area contributed by atoms with Gasteiger partial charge in [0.1, 0.15) is 18.3 Å². The quantitative estimate of drug-likeness (QED) is 0.188. The molecule has 5 atom stereocenters. The summed E-state index contributed by atoms with van der Waals surface area (Å²) >= 11 is 0. The number of nitrogens with two attached hydrogens (primary N) is 2. The van der Waals surface area contributed by atoms with Gasteiger partial charge < -0.3 is 41.9 Å². The zero-order valence-corrected chi connectivity index (χ0v) is 12.3. The average molecular weight is 332 g/mol. The number of carbonyl (C=O) groups excluding carboxylic acids is 1. The summed E-state index contributed by atoms with van der Waals surface area (Å²) in [5.41, 5.74) is 10.6. The monoisotopic (exact) mass is 332 g/mol. The van der Waals surface area contributed by atoms with E-state index in [0.29, 0.717) is 0 Å². The van der Waals surface area contributed by atoms with Crippen molar-refractivity contribution in [1.29, 1.82) is 0 Å². The van der Waals surface area contributed by atoms with Crippen molar-refractivity contribution in [3.05, 3.63) is 11.8 Å². The maximum Gasteiger partial charge on any atom is 0.370 e. The molecule has 0 aromatic rings. The van der Waals surface area contributed by atoms with Crippen LogP contribution in [0.5, 0.6) is 0 Å². The Balaban J connectivity index is 3.28. The van der Waals surface area contributed by atoms with E-state index in [1.165, 1.54) is 6.92 Å². The van der Waals surface area contributed by atoms with Gasteiger partial charge in [-0.05, 0) is 6.08 Å². The van der Waals surface area contributed by atoms with Crippen LogP contribution in [0.2, 0.25) is 0 Å². The second kappa shape index (κ2) is 7.76. The van der Waals surface area contributed by atoms with Crippen molar-refractivity contribution in [1.82, 2.24) is 5.32 Å². The maximum atomic E-state index is 11.4. The molecule has 23 heavy (non-hydrogen) atoms.